The summed E-state index contributed by atoms with van der Waals surface area (Å²) in [4.78, 5) is 16.9. The van der Waals surface area contributed by atoms with Gasteiger partial charge in [0.1, 0.15) is 5.75 Å². The van der Waals surface area contributed by atoms with E-state index in [0.29, 0.717) is 28.0 Å². The van der Waals surface area contributed by atoms with Crippen molar-refractivity contribution in [2.24, 2.45) is 0 Å². The molecule has 1 amide bonds. The van der Waals surface area contributed by atoms with Gasteiger partial charge in [0.2, 0.25) is 5.13 Å². The summed E-state index contributed by atoms with van der Waals surface area (Å²) in [5.41, 5.74) is 3.92. The van der Waals surface area contributed by atoms with Crippen molar-refractivity contribution in [3.8, 4) is 23.0 Å². The number of aryl methyl sites for hydroxylation is 1. The first-order valence-electron chi connectivity index (χ1n) is 8.84. The second-order valence-electron chi connectivity index (χ2n) is 6.38. The topological polar surface area (TPSA) is 94.8 Å². The summed E-state index contributed by atoms with van der Waals surface area (Å²) in [6.45, 7) is 3.93. The molecule has 2 heterocycles. The van der Waals surface area contributed by atoms with Crippen molar-refractivity contribution in [2.75, 3.05) is 12.4 Å². The molecule has 2 aromatic carbocycles. The van der Waals surface area contributed by atoms with Crippen molar-refractivity contribution >= 4 is 22.6 Å². The Bertz CT molecular complexity index is 1180. The lowest BCUT2D eigenvalue weighted by molar-refractivity contribution is 0.102. The molecule has 0 bridgehead atoms. The molecule has 0 saturated heterocycles. The Morgan fingerprint density at radius 3 is 2.76 bits per heavy atom. The first-order chi connectivity index (χ1) is 14.0. The molecule has 0 aliphatic carbocycles. The van der Waals surface area contributed by atoms with Crippen molar-refractivity contribution in [1.29, 1.82) is 0 Å². The molecule has 0 atom stereocenters. The van der Waals surface area contributed by atoms with Crippen LogP contribution in [0.15, 0.2) is 48.5 Å². The van der Waals surface area contributed by atoms with Crippen LogP contribution in [0.5, 0.6) is 5.75 Å². The summed E-state index contributed by atoms with van der Waals surface area (Å²) in [6, 6.07) is 14.9. The van der Waals surface area contributed by atoms with Gasteiger partial charge in [-0.05, 0) is 49.7 Å². The van der Waals surface area contributed by atoms with E-state index < -0.39 is 0 Å². The Hall–Kier alpha value is -3.59. The average Bonchev–Trinajstić information content (AvgIpc) is 3.34. The summed E-state index contributed by atoms with van der Waals surface area (Å²) in [7, 11) is 1.56. The van der Waals surface area contributed by atoms with E-state index >= 15 is 0 Å². The van der Waals surface area contributed by atoms with E-state index in [2.05, 4.69) is 25.0 Å². The number of carbonyl (C=O) groups is 1. The molecule has 29 heavy (non-hydrogen) atoms. The molecule has 146 valence electrons. The number of ether oxygens (including phenoxy) is 1. The van der Waals surface area contributed by atoms with Crippen molar-refractivity contribution in [3.63, 3.8) is 0 Å². The molecule has 0 saturated carbocycles. The van der Waals surface area contributed by atoms with Crippen LogP contribution < -0.4 is 10.1 Å². The Balaban J connectivity index is 1.56. The van der Waals surface area contributed by atoms with Crippen LogP contribution in [0.1, 0.15) is 21.6 Å². The van der Waals surface area contributed by atoms with Crippen molar-refractivity contribution in [1.82, 2.24) is 24.4 Å². The van der Waals surface area contributed by atoms with Crippen LogP contribution in [0, 0.1) is 13.8 Å². The SMILES string of the molecule is COc1cccc(C(=O)Nc2nc(-c3nnn(-c4cccc(C)c4)c3C)ns2)c1. The van der Waals surface area contributed by atoms with Gasteiger partial charge in [-0.25, -0.2) is 4.68 Å². The van der Waals surface area contributed by atoms with Crippen LogP contribution in [0.25, 0.3) is 17.2 Å². The van der Waals surface area contributed by atoms with Gasteiger partial charge in [0, 0.05) is 17.1 Å². The maximum Gasteiger partial charge on any atom is 0.257 e. The molecule has 1 N–H and O–H groups in total. The van der Waals surface area contributed by atoms with Crippen LogP contribution in [0.3, 0.4) is 0 Å². The van der Waals surface area contributed by atoms with E-state index in [1.807, 2.05) is 38.1 Å². The van der Waals surface area contributed by atoms with Crippen molar-refractivity contribution < 1.29 is 9.53 Å². The number of rotatable bonds is 5. The van der Waals surface area contributed by atoms with Crippen LogP contribution in [0.2, 0.25) is 0 Å². The second-order valence-corrected chi connectivity index (χ2v) is 7.14. The summed E-state index contributed by atoms with van der Waals surface area (Å²) < 4.78 is 11.2. The van der Waals surface area contributed by atoms with Crippen molar-refractivity contribution in [3.05, 3.63) is 65.4 Å². The summed E-state index contributed by atoms with van der Waals surface area (Å²) >= 11 is 1.09. The lowest BCUT2D eigenvalue weighted by Crippen LogP contribution is -2.11. The minimum Gasteiger partial charge on any atom is -0.497 e. The van der Waals surface area contributed by atoms with E-state index in [1.165, 1.54) is 0 Å². The minimum absolute atomic E-state index is 0.285. The number of anilines is 1. The summed E-state index contributed by atoms with van der Waals surface area (Å²) in [6.07, 6.45) is 0. The van der Waals surface area contributed by atoms with Crippen LogP contribution in [-0.2, 0) is 0 Å². The number of methoxy groups -OCH3 is 1. The molecular weight excluding hydrogens is 388 g/mol. The van der Waals surface area contributed by atoms with Gasteiger partial charge in [-0.1, -0.05) is 23.4 Å². The zero-order valence-electron chi connectivity index (χ0n) is 16.1. The third kappa shape index (κ3) is 3.85. The molecule has 4 aromatic rings. The highest BCUT2D eigenvalue weighted by Crippen LogP contribution is 2.24. The third-order valence-corrected chi connectivity index (χ3v) is 4.96. The number of hydrogen-bond acceptors (Lipinski definition) is 7. The lowest BCUT2D eigenvalue weighted by Gasteiger charge is -2.04. The van der Waals surface area contributed by atoms with Crippen LogP contribution >= 0.6 is 11.5 Å². The molecular formula is C20H18N6O2S. The maximum absolute atomic E-state index is 12.5. The maximum atomic E-state index is 12.5. The molecule has 2 aromatic heterocycles. The highest BCUT2D eigenvalue weighted by Gasteiger charge is 2.18. The highest BCUT2D eigenvalue weighted by molar-refractivity contribution is 7.10. The van der Waals surface area contributed by atoms with Crippen LogP contribution in [0.4, 0.5) is 5.13 Å². The largest absolute Gasteiger partial charge is 0.497 e. The fourth-order valence-electron chi connectivity index (χ4n) is 2.84. The van der Waals surface area contributed by atoms with Gasteiger partial charge < -0.3 is 4.74 Å². The fraction of sp³-hybridized carbons (Fsp3) is 0.150. The molecule has 0 radical (unpaired) electrons. The zero-order valence-corrected chi connectivity index (χ0v) is 16.9. The van der Waals surface area contributed by atoms with Gasteiger partial charge in [-0.15, -0.1) is 5.10 Å². The number of amides is 1. The molecule has 0 aliphatic heterocycles. The number of carbonyl (C=O) groups excluding carboxylic acids is 1. The fourth-order valence-corrected chi connectivity index (χ4v) is 3.41. The Kier molecular flexibility index (Phi) is 5.05. The Morgan fingerprint density at radius 1 is 1.14 bits per heavy atom. The smallest absolute Gasteiger partial charge is 0.257 e. The summed E-state index contributed by atoms with van der Waals surface area (Å²) in [5, 5.41) is 11.6. The van der Waals surface area contributed by atoms with Crippen molar-refractivity contribution in [2.45, 2.75) is 13.8 Å². The molecule has 0 unspecified atom stereocenters. The number of aromatic nitrogens is 5. The molecule has 9 heteroatoms. The quantitative estimate of drug-likeness (QED) is 0.543. The van der Waals surface area contributed by atoms with Gasteiger partial charge in [0.15, 0.2) is 11.5 Å². The monoisotopic (exact) mass is 406 g/mol. The van der Waals surface area contributed by atoms with E-state index in [1.54, 1.807) is 36.1 Å². The molecule has 8 nitrogen and oxygen atoms in total. The minimum atomic E-state index is -0.285. The van der Waals surface area contributed by atoms with E-state index in [4.69, 9.17) is 4.74 Å². The number of benzene rings is 2. The third-order valence-electron chi connectivity index (χ3n) is 4.33. The Labute approximate surface area is 171 Å². The van der Waals surface area contributed by atoms with E-state index in [-0.39, 0.29) is 5.91 Å². The highest BCUT2D eigenvalue weighted by atomic mass is 32.1. The molecule has 0 aliphatic rings. The first kappa shape index (κ1) is 18.8. The molecule has 0 spiro atoms. The molecule has 4 rings (SSSR count). The van der Waals surface area contributed by atoms with Gasteiger partial charge in [0.25, 0.3) is 5.91 Å². The first-order valence-corrected chi connectivity index (χ1v) is 9.61. The van der Waals surface area contributed by atoms with Gasteiger partial charge in [0.05, 0.1) is 18.5 Å². The van der Waals surface area contributed by atoms with E-state index in [9.17, 15) is 4.79 Å². The predicted octanol–water partition coefficient (Wildman–Crippen LogP) is 3.66. The normalized spacial score (nSPS) is 10.7. The number of nitrogens with zero attached hydrogens (tertiary/aromatic N) is 5. The number of hydrogen-bond donors (Lipinski definition) is 1. The van der Waals surface area contributed by atoms with Crippen LogP contribution in [-0.4, -0.2) is 37.4 Å². The van der Waals surface area contributed by atoms with E-state index in [0.717, 1.165) is 28.5 Å². The molecule has 0 fully saturated rings. The van der Waals surface area contributed by atoms with Gasteiger partial charge in [-0.3, -0.25) is 10.1 Å². The second kappa shape index (κ2) is 7.80. The van der Waals surface area contributed by atoms with Gasteiger partial charge in [-0.2, -0.15) is 9.36 Å². The standard InChI is InChI=1S/C20H18N6O2S/c1-12-6-4-8-15(10-12)26-13(2)17(23-25-26)18-21-20(29-24-18)22-19(27)14-7-5-9-16(11-14)28-3/h4-11H,1-3H3,(H,21,22,24,27). The average molecular weight is 406 g/mol. The predicted molar refractivity (Wildman–Crippen MR) is 111 cm³/mol. The van der Waals surface area contributed by atoms with Gasteiger partial charge >= 0.3 is 0 Å². The zero-order chi connectivity index (χ0) is 20.4. The Morgan fingerprint density at radius 2 is 1.97 bits per heavy atom. The number of nitrogens with one attached hydrogen (secondary N) is 1. The summed E-state index contributed by atoms with van der Waals surface area (Å²) in [5.74, 6) is 0.748. The lowest BCUT2D eigenvalue weighted by atomic mass is 10.2.